The van der Waals surface area contributed by atoms with Crippen molar-refractivity contribution in [2.45, 2.75) is 19.9 Å². The number of benzene rings is 1. The van der Waals surface area contributed by atoms with E-state index in [0.29, 0.717) is 13.0 Å². The highest BCUT2D eigenvalue weighted by atomic mass is 127. The first-order chi connectivity index (χ1) is 9.58. The molecule has 1 aromatic heterocycles. The van der Waals surface area contributed by atoms with Crippen LogP contribution in [0.1, 0.15) is 12.1 Å². The molecular weight excluding hydrogens is 369 g/mol. The van der Waals surface area contributed by atoms with E-state index < -0.39 is 0 Å². The lowest BCUT2D eigenvalue weighted by atomic mass is 10.3. The summed E-state index contributed by atoms with van der Waals surface area (Å²) in [5.41, 5.74) is 1.72. The Hall–Kier alpha value is -1.57. The Bertz CT molecular complexity index is 591. The third kappa shape index (κ3) is 3.96. The maximum Gasteiger partial charge on any atom is 0.226 e. The van der Waals surface area contributed by atoms with Gasteiger partial charge in [0.2, 0.25) is 5.91 Å². The summed E-state index contributed by atoms with van der Waals surface area (Å²) in [6.45, 7) is 2.52. The fourth-order valence-electron chi connectivity index (χ4n) is 1.75. The molecule has 0 bridgehead atoms. The molecule has 1 amide bonds. The number of amides is 1. The topological polar surface area (TPSA) is 56.1 Å². The number of carbonyl (C=O) groups excluding carboxylic acids is 1. The summed E-state index contributed by atoms with van der Waals surface area (Å²) in [5, 5.41) is 7.17. The van der Waals surface area contributed by atoms with Crippen LogP contribution in [0.5, 0.6) is 5.75 Å². The Labute approximate surface area is 131 Å². The van der Waals surface area contributed by atoms with Gasteiger partial charge in [0, 0.05) is 30.9 Å². The van der Waals surface area contributed by atoms with Gasteiger partial charge in [0.15, 0.2) is 0 Å². The van der Waals surface area contributed by atoms with Gasteiger partial charge in [-0.2, -0.15) is 5.10 Å². The first-order valence-corrected chi connectivity index (χ1v) is 7.30. The monoisotopic (exact) mass is 385 g/mol. The number of hydrogen-bond acceptors (Lipinski definition) is 3. The molecule has 0 unspecified atom stereocenters. The molecule has 5 nitrogen and oxygen atoms in total. The minimum Gasteiger partial charge on any atom is -0.497 e. The SMILES string of the molecule is COc1cccc(NC(=O)CCn2cc(I)c(C)n2)c1. The number of carbonyl (C=O) groups is 1. The number of nitrogens with one attached hydrogen (secondary N) is 1. The first kappa shape index (κ1) is 14.8. The molecule has 6 heteroatoms. The van der Waals surface area contributed by atoms with Crippen LogP contribution >= 0.6 is 22.6 Å². The number of nitrogens with zero attached hydrogens (tertiary/aromatic N) is 2. The summed E-state index contributed by atoms with van der Waals surface area (Å²) in [4.78, 5) is 11.9. The number of rotatable bonds is 5. The van der Waals surface area contributed by atoms with Gasteiger partial charge in [0.25, 0.3) is 0 Å². The highest BCUT2D eigenvalue weighted by molar-refractivity contribution is 14.1. The standard InChI is InChI=1S/C14H16IN3O2/c1-10-13(15)9-18(17-10)7-6-14(19)16-11-4-3-5-12(8-11)20-2/h3-5,8-9H,6-7H2,1-2H3,(H,16,19). The smallest absolute Gasteiger partial charge is 0.226 e. The lowest BCUT2D eigenvalue weighted by molar-refractivity contribution is -0.116. The number of aromatic nitrogens is 2. The normalized spacial score (nSPS) is 10.3. The van der Waals surface area contributed by atoms with E-state index in [9.17, 15) is 4.79 Å². The fraction of sp³-hybridized carbons (Fsp3) is 0.286. The lowest BCUT2D eigenvalue weighted by Gasteiger charge is -2.07. The van der Waals surface area contributed by atoms with Crippen molar-refractivity contribution < 1.29 is 9.53 Å². The highest BCUT2D eigenvalue weighted by Gasteiger charge is 2.06. The zero-order valence-corrected chi connectivity index (χ0v) is 13.5. The number of aryl methyl sites for hydroxylation is 2. The van der Waals surface area contributed by atoms with Crippen LogP contribution in [0, 0.1) is 10.5 Å². The molecule has 20 heavy (non-hydrogen) atoms. The zero-order chi connectivity index (χ0) is 14.5. The molecule has 2 rings (SSSR count). The van der Waals surface area contributed by atoms with Gasteiger partial charge in [0.1, 0.15) is 5.75 Å². The van der Waals surface area contributed by atoms with E-state index in [1.807, 2.05) is 31.3 Å². The molecule has 0 radical (unpaired) electrons. The highest BCUT2D eigenvalue weighted by Crippen LogP contribution is 2.17. The molecule has 0 aliphatic rings. The number of hydrogen-bond donors (Lipinski definition) is 1. The van der Waals surface area contributed by atoms with Crippen LogP contribution in [-0.4, -0.2) is 22.8 Å². The van der Waals surface area contributed by atoms with Crippen molar-refractivity contribution in [3.63, 3.8) is 0 Å². The molecule has 0 saturated carbocycles. The minimum absolute atomic E-state index is 0.0404. The third-order valence-electron chi connectivity index (χ3n) is 2.81. The van der Waals surface area contributed by atoms with Gasteiger partial charge in [0.05, 0.1) is 16.4 Å². The summed E-state index contributed by atoms with van der Waals surface area (Å²) in [6, 6.07) is 7.30. The quantitative estimate of drug-likeness (QED) is 0.806. The average molecular weight is 385 g/mol. The van der Waals surface area contributed by atoms with E-state index in [0.717, 1.165) is 20.7 Å². The molecule has 0 atom stereocenters. The average Bonchev–Trinajstić information content (AvgIpc) is 2.76. The van der Waals surface area contributed by atoms with Crippen molar-refractivity contribution in [1.29, 1.82) is 0 Å². The van der Waals surface area contributed by atoms with Gasteiger partial charge in [-0.05, 0) is 41.6 Å². The van der Waals surface area contributed by atoms with Gasteiger partial charge in [-0.1, -0.05) is 6.07 Å². The Morgan fingerprint density at radius 3 is 2.95 bits per heavy atom. The van der Waals surface area contributed by atoms with E-state index in [1.165, 1.54) is 0 Å². The molecule has 0 spiro atoms. The van der Waals surface area contributed by atoms with E-state index in [4.69, 9.17) is 4.74 Å². The largest absolute Gasteiger partial charge is 0.497 e. The van der Waals surface area contributed by atoms with E-state index >= 15 is 0 Å². The summed E-state index contributed by atoms with van der Waals surface area (Å²) in [5.74, 6) is 0.682. The summed E-state index contributed by atoms with van der Waals surface area (Å²) < 4.78 is 8.02. The van der Waals surface area contributed by atoms with E-state index in [2.05, 4.69) is 33.0 Å². The second kappa shape index (κ2) is 6.74. The first-order valence-electron chi connectivity index (χ1n) is 6.22. The van der Waals surface area contributed by atoms with E-state index in [-0.39, 0.29) is 5.91 Å². The molecule has 1 aromatic carbocycles. The van der Waals surface area contributed by atoms with Gasteiger partial charge in [-0.3, -0.25) is 9.48 Å². The van der Waals surface area contributed by atoms with Gasteiger partial charge >= 0.3 is 0 Å². The number of halogens is 1. The van der Waals surface area contributed by atoms with Crippen molar-refractivity contribution >= 4 is 34.2 Å². The number of ether oxygens (including phenoxy) is 1. The van der Waals surface area contributed by atoms with E-state index in [1.54, 1.807) is 17.9 Å². The van der Waals surface area contributed by atoms with Crippen LogP contribution in [0.15, 0.2) is 30.5 Å². The van der Waals surface area contributed by atoms with Crippen molar-refractivity contribution in [1.82, 2.24) is 9.78 Å². The molecule has 0 fully saturated rings. The van der Waals surface area contributed by atoms with Gasteiger partial charge in [-0.25, -0.2) is 0 Å². The van der Waals surface area contributed by atoms with Crippen LogP contribution in [0.3, 0.4) is 0 Å². The molecular formula is C14H16IN3O2. The number of anilines is 1. The maximum atomic E-state index is 11.9. The predicted octanol–water partition coefficient (Wildman–Crippen LogP) is 2.83. The third-order valence-corrected chi connectivity index (χ3v) is 3.87. The summed E-state index contributed by atoms with van der Waals surface area (Å²) >= 11 is 2.23. The second-order valence-corrected chi connectivity index (χ2v) is 5.52. The number of methoxy groups -OCH3 is 1. The van der Waals surface area contributed by atoms with Gasteiger partial charge < -0.3 is 10.1 Å². The van der Waals surface area contributed by atoms with Crippen molar-refractivity contribution in [3.05, 3.63) is 39.7 Å². The van der Waals surface area contributed by atoms with Crippen LogP contribution in [0.4, 0.5) is 5.69 Å². The molecule has 0 saturated heterocycles. The maximum absolute atomic E-state index is 11.9. The molecule has 0 aliphatic heterocycles. The van der Waals surface area contributed by atoms with Crippen LogP contribution in [0.25, 0.3) is 0 Å². The van der Waals surface area contributed by atoms with Crippen molar-refractivity contribution in [3.8, 4) is 5.75 Å². The van der Waals surface area contributed by atoms with Crippen LogP contribution in [0.2, 0.25) is 0 Å². The molecule has 1 N–H and O–H groups in total. The Kier molecular flexibility index (Phi) is 4.99. The van der Waals surface area contributed by atoms with Crippen LogP contribution in [-0.2, 0) is 11.3 Å². The second-order valence-electron chi connectivity index (χ2n) is 4.36. The van der Waals surface area contributed by atoms with Gasteiger partial charge in [-0.15, -0.1) is 0 Å². The zero-order valence-electron chi connectivity index (χ0n) is 11.4. The summed E-state index contributed by atoms with van der Waals surface area (Å²) in [6.07, 6.45) is 2.32. The van der Waals surface area contributed by atoms with Crippen molar-refractivity contribution in [2.24, 2.45) is 0 Å². The molecule has 1 heterocycles. The Morgan fingerprint density at radius 1 is 1.50 bits per heavy atom. The fourth-order valence-corrected chi connectivity index (χ4v) is 2.18. The van der Waals surface area contributed by atoms with Crippen molar-refractivity contribution in [2.75, 3.05) is 12.4 Å². The Balaban J connectivity index is 1.89. The van der Waals surface area contributed by atoms with Crippen LogP contribution < -0.4 is 10.1 Å². The minimum atomic E-state index is -0.0404. The predicted molar refractivity (Wildman–Crippen MR) is 85.9 cm³/mol. The Morgan fingerprint density at radius 2 is 2.30 bits per heavy atom. The molecule has 2 aromatic rings. The molecule has 0 aliphatic carbocycles. The molecule has 106 valence electrons. The summed E-state index contributed by atoms with van der Waals surface area (Å²) in [7, 11) is 1.60. The lowest BCUT2D eigenvalue weighted by Crippen LogP contribution is -2.14.